The highest BCUT2D eigenvalue weighted by Gasteiger charge is 2.36. The van der Waals surface area contributed by atoms with Gasteiger partial charge in [0.1, 0.15) is 0 Å². The van der Waals surface area contributed by atoms with Crippen LogP contribution >= 0.6 is 0 Å². The van der Waals surface area contributed by atoms with E-state index in [0.717, 1.165) is 12.2 Å². The van der Waals surface area contributed by atoms with Crippen molar-refractivity contribution in [1.82, 2.24) is 15.0 Å². The lowest BCUT2D eigenvalue weighted by atomic mass is 9.67. The summed E-state index contributed by atoms with van der Waals surface area (Å²) in [7, 11) is 0. The highest BCUT2D eigenvalue weighted by Crippen LogP contribution is 2.45. The van der Waals surface area contributed by atoms with E-state index in [9.17, 15) is 0 Å². The van der Waals surface area contributed by atoms with Gasteiger partial charge < -0.3 is 5.73 Å². The van der Waals surface area contributed by atoms with Crippen LogP contribution < -0.4 is 5.73 Å². The maximum atomic E-state index is 5.67. The SMILES string of the molecule is CCC1(Cn2nnc(N)c2C)CCC1. The molecule has 0 atom stereocenters. The molecule has 1 fully saturated rings. The average molecular weight is 194 g/mol. The van der Waals surface area contributed by atoms with Gasteiger partial charge in [0.2, 0.25) is 0 Å². The van der Waals surface area contributed by atoms with Crippen molar-refractivity contribution in [2.75, 3.05) is 5.73 Å². The van der Waals surface area contributed by atoms with Gasteiger partial charge in [-0.25, -0.2) is 4.68 Å². The van der Waals surface area contributed by atoms with Gasteiger partial charge in [0.15, 0.2) is 5.82 Å². The van der Waals surface area contributed by atoms with Crippen LogP contribution in [0.1, 0.15) is 38.3 Å². The highest BCUT2D eigenvalue weighted by atomic mass is 15.4. The van der Waals surface area contributed by atoms with Crippen LogP contribution in [0.4, 0.5) is 5.82 Å². The molecule has 1 aliphatic carbocycles. The van der Waals surface area contributed by atoms with Gasteiger partial charge in [-0.1, -0.05) is 18.6 Å². The lowest BCUT2D eigenvalue weighted by Crippen LogP contribution is -2.34. The summed E-state index contributed by atoms with van der Waals surface area (Å²) in [5.74, 6) is 0.565. The van der Waals surface area contributed by atoms with Gasteiger partial charge in [-0.05, 0) is 31.6 Å². The molecule has 0 spiro atoms. The Morgan fingerprint density at radius 1 is 1.50 bits per heavy atom. The van der Waals surface area contributed by atoms with Crippen molar-refractivity contribution in [3.05, 3.63) is 5.69 Å². The zero-order valence-corrected chi connectivity index (χ0v) is 8.95. The van der Waals surface area contributed by atoms with Crippen LogP contribution in [0.2, 0.25) is 0 Å². The van der Waals surface area contributed by atoms with Crippen LogP contribution in [-0.2, 0) is 6.54 Å². The number of nitrogens with zero attached hydrogens (tertiary/aromatic N) is 3. The number of anilines is 1. The predicted molar refractivity (Wildman–Crippen MR) is 55.7 cm³/mol. The number of nitrogen functional groups attached to an aromatic ring is 1. The van der Waals surface area contributed by atoms with Gasteiger partial charge >= 0.3 is 0 Å². The third-order valence-corrected chi connectivity index (χ3v) is 3.67. The van der Waals surface area contributed by atoms with Crippen molar-refractivity contribution in [2.24, 2.45) is 5.41 Å². The molecular formula is C10H18N4. The van der Waals surface area contributed by atoms with E-state index in [2.05, 4.69) is 17.2 Å². The monoisotopic (exact) mass is 194 g/mol. The molecule has 0 radical (unpaired) electrons. The van der Waals surface area contributed by atoms with Gasteiger partial charge in [-0.15, -0.1) is 5.10 Å². The minimum absolute atomic E-state index is 0.477. The number of aromatic nitrogens is 3. The van der Waals surface area contributed by atoms with E-state index in [0.29, 0.717) is 11.2 Å². The minimum atomic E-state index is 0.477. The molecule has 2 N–H and O–H groups in total. The van der Waals surface area contributed by atoms with Crippen LogP contribution in [0, 0.1) is 12.3 Å². The molecule has 4 nitrogen and oxygen atoms in total. The first-order valence-electron chi connectivity index (χ1n) is 5.32. The Hall–Kier alpha value is -1.06. The second kappa shape index (κ2) is 3.26. The molecule has 1 aromatic heterocycles. The Bertz CT molecular complexity index is 319. The number of hydrogen-bond acceptors (Lipinski definition) is 3. The molecule has 1 aliphatic rings. The molecule has 2 rings (SSSR count). The van der Waals surface area contributed by atoms with Crippen molar-refractivity contribution in [3.63, 3.8) is 0 Å². The first-order valence-corrected chi connectivity index (χ1v) is 5.32. The predicted octanol–water partition coefficient (Wildman–Crippen LogP) is 1.75. The fourth-order valence-electron chi connectivity index (χ4n) is 2.14. The maximum Gasteiger partial charge on any atom is 0.168 e. The van der Waals surface area contributed by atoms with Gasteiger partial charge in [-0.2, -0.15) is 0 Å². The summed E-state index contributed by atoms with van der Waals surface area (Å²) < 4.78 is 1.96. The Balaban J connectivity index is 2.13. The zero-order valence-electron chi connectivity index (χ0n) is 8.95. The Morgan fingerprint density at radius 3 is 2.57 bits per heavy atom. The lowest BCUT2D eigenvalue weighted by Gasteiger charge is -2.41. The molecule has 0 saturated heterocycles. The average Bonchev–Trinajstić information content (AvgIpc) is 2.42. The van der Waals surface area contributed by atoms with Crippen LogP contribution in [0.5, 0.6) is 0 Å². The Labute approximate surface area is 84.5 Å². The Morgan fingerprint density at radius 2 is 2.21 bits per heavy atom. The number of hydrogen-bond donors (Lipinski definition) is 1. The summed E-state index contributed by atoms with van der Waals surface area (Å²) >= 11 is 0. The third kappa shape index (κ3) is 1.38. The summed E-state index contributed by atoms with van der Waals surface area (Å²) in [6, 6.07) is 0. The second-order valence-corrected chi connectivity index (χ2v) is 4.42. The first kappa shape index (κ1) is 9.49. The van der Waals surface area contributed by atoms with Crippen molar-refractivity contribution in [1.29, 1.82) is 0 Å². The summed E-state index contributed by atoms with van der Waals surface area (Å²) in [6.45, 7) is 5.23. The summed E-state index contributed by atoms with van der Waals surface area (Å²) in [4.78, 5) is 0. The zero-order chi connectivity index (χ0) is 10.2. The summed E-state index contributed by atoms with van der Waals surface area (Å²) in [5.41, 5.74) is 7.15. The normalized spacial score (nSPS) is 19.3. The first-order chi connectivity index (χ1) is 6.67. The van der Waals surface area contributed by atoms with Crippen molar-refractivity contribution < 1.29 is 0 Å². The standard InChI is InChI=1S/C10H18N4/c1-3-10(5-4-6-10)7-14-8(2)9(11)12-13-14/h3-7,11H2,1-2H3. The van der Waals surface area contributed by atoms with Gasteiger partial charge in [0.05, 0.1) is 5.69 Å². The smallest absolute Gasteiger partial charge is 0.168 e. The van der Waals surface area contributed by atoms with Crippen molar-refractivity contribution >= 4 is 5.82 Å². The van der Waals surface area contributed by atoms with E-state index >= 15 is 0 Å². The van der Waals surface area contributed by atoms with E-state index in [-0.39, 0.29) is 0 Å². The van der Waals surface area contributed by atoms with Crippen molar-refractivity contribution in [2.45, 2.75) is 46.1 Å². The molecule has 0 amide bonds. The molecule has 78 valence electrons. The van der Waals surface area contributed by atoms with Crippen LogP contribution in [0.3, 0.4) is 0 Å². The number of rotatable bonds is 3. The number of nitrogens with two attached hydrogens (primary N) is 1. The lowest BCUT2D eigenvalue weighted by molar-refractivity contribution is 0.0932. The van der Waals surface area contributed by atoms with E-state index < -0.39 is 0 Å². The molecule has 0 unspecified atom stereocenters. The molecule has 0 aromatic carbocycles. The van der Waals surface area contributed by atoms with Crippen LogP contribution in [0.25, 0.3) is 0 Å². The van der Waals surface area contributed by atoms with Gasteiger partial charge in [0, 0.05) is 6.54 Å². The molecule has 4 heteroatoms. The maximum absolute atomic E-state index is 5.67. The summed E-state index contributed by atoms with van der Waals surface area (Å²) in [5, 5.41) is 7.96. The molecular weight excluding hydrogens is 176 g/mol. The minimum Gasteiger partial charge on any atom is -0.381 e. The highest BCUT2D eigenvalue weighted by molar-refractivity contribution is 5.31. The topological polar surface area (TPSA) is 56.7 Å². The quantitative estimate of drug-likeness (QED) is 0.797. The molecule has 14 heavy (non-hydrogen) atoms. The van der Waals surface area contributed by atoms with Gasteiger partial charge in [0.25, 0.3) is 0 Å². The fraction of sp³-hybridized carbons (Fsp3) is 0.800. The molecule has 0 bridgehead atoms. The van der Waals surface area contributed by atoms with Crippen LogP contribution in [0.15, 0.2) is 0 Å². The van der Waals surface area contributed by atoms with E-state index in [1.807, 2.05) is 11.6 Å². The molecule has 1 aromatic rings. The third-order valence-electron chi connectivity index (χ3n) is 3.67. The second-order valence-electron chi connectivity index (χ2n) is 4.42. The van der Waals surface area contributed by atoms with E-state index in [4.69, 9.17) is 5.73 Å². The largest absolute Gasteiger partial charge is 0.381 e. The molecule has 1 saturated carbocycles. The molecule has 1 heterocycles. The van der Waals surface area contributed by atoms with E-state index in [1.165, 1.54) is 25.7 Å². The van der Waals surface area contributed by atoms with Gasteiger partial charge in [-0.3, -0.25) is 0 Å². The Kier molecular flexibility index (Phi) is 2.21. The summed E-state index contributed by atoms with van der Waals surface area (Å²) in [6.07, 6.45) is 5.23. The van der Waals surface area contributed by atoms with Crippen LogP contribution in [-0.4, -0.2) is 15.0 Å². The van der Waals surface area contributed by atoms with E-state index in [1.54, 1.807) is 0 Å². The fourth-order valence-corrected chi connectivity index (χ4v) is 2.14. The molecule has 0 aliphatic heterocycles. The van der Waals surface area contributed by atoms with Crippen molar-refractivity contribution in [3.8, 4) is 0 Å².